The third-order valence-electron chi connectivity index (χ3n) is 6.40. The fourth-order valence-electron chi connectivity index (χ4n) is 6.10. The first-order valence-electron chi connectivity index (χ1n) is 9.28. The molecule has 0 radical (unpaired) electrons. The van der Waals surface area contributed by atoms with Crippen LogP contribution in [0, 0.1) is 23.2 Å². The van der Waals surface area contributed by atoms with Crippen LogP contribution in [0.25, 0.3) is 0 Å². The van der Waals surface area contributed by atoms with E-state index >= 15 is 0 Å². The molecule has 1 amide bonds. The van der Waals surface area contributed by atoms with E-state index in [-0.39, 0.29) is 11.9 Å². The van der Waals surface area contributed by atoms with Gasteiger partial charge in [0.1, 0.15) is 0 Å². The average molecular weight is 312 g/mol. The zero-order chi connectivity index (χ0) is 15.9. The highest BCUT2D eigenvalue weighted by Crippen LogP contribution is 2.61. The van der Waals surface area contributed by atoms with E-state index in [4.69, 9.17) is 0 Å². The van der Waals surface area contributed by atoms with Crippen molar-refractivity contribution in [3.63, 3.8) is 0 Å². The van der Waals surface area contributed by atoms with Crippen LogP contribution in [0.1, 0.15) is 57.4 Å². The number of aromatic nitrogens is 1. The number of nitrogens with zero attached hydrogens (tertiary/aromatic N) is 1. The summed E-state index contributed by atoms with van der Waals surface area (Å²) in [4.78, 5) is 16.7. The minimum Gasteiger partial charge on any atom is -0.353 e. The number of carbonyl (C=O) groups excluding carboxylic acids is 1. The summed E-state index contributed by atoms with van der Waals surface area (Å²) in [5, 5.41) is 3.24. The molecule has 4 bridgehead atoms. The van der Waals surface area contributed by atoms with Gasteiger partial charge >= 0.3 is 0 Å². The van der Waals surface area contributed by atoms with E-state index in [0.29, 0.717) is 5.41 Å². The van der Waals surface area contributed by atoms with Gasteiger partial charge in [-0.25, -0.2) is 0 Å². The standard InChI is InChI=1S/C20H28N2O/c1-14(6-15-2-4-21-5-3-15)22-19(23)13-20-10-16-7-17(11-20)9-18(8-16)12-20/h2-5,14,16-18H,6-13H2,1H3,(H,22,23)/t14-,16?,17?,18?,20?/m0/s1. The van der Waals surface area contributed by atoms with E-state index < -0.39 is 0 Å². The Morgan fingerprint density at radius 3 is 2.30 bits per heavy atom. The van der Waals surface area contributed by atoms with Crippen molar-refractivity contribution in [3.8, 4) is 0 Å². The molecule has 0 spiro atoms. The highest BCUT2D eigenvalue weighted by atomic mass is 16.1. The molecule has 3 nitrogen and oxygen atoms in total. The molecule has 4 aliphatic carbocycles. The summed E-state index contributed by atoms with van der Waals surface area (Å²) in [6.07, 6.45) is 13.5. The molecule has 1 aromatic heterocycles. The van der Waals surface area contributed by atoms with Crippen molar-refractivity contribution in [2.24, 2.45) is 23.2 Å². The van der Waals surface area contributed by atoms with Gasteiger partial charge in [-0.05, 0) is 92.7 Å². The molecule has 1 heterocycles. The molecule has 0 unspecified atom stereocenters. The first-order valence-corrected chi connectivity index (χ1v) is 9.28. The summed E-state index contributed by atoms with van der Waals surface area (Å²) >= 11 is 0. The maximum Gasteiger partial charge on any atom is 0.220 e. The summed E-state index contributed by atoms with van der Waals surface area (Å²) < 4.78 is 0. The normalized spacial score (nSPS) is 36.0. The van der Waals surface area contributed by atoms with Gasteiger partial charge in [0.05, 0.1) is 0 Å². The SMILES string of the molecule is C[C@@H](Cc1ccncc1)NC(=O)CC12CC3CC(CC(C3)C1)C2. The average Bonchev–Trinajstić information content (AvgIpc) is 2.45. The van der Waals surface area contributed by atoms with Gasteiger partial charge in [-0.3, -0.25) is 9.78 Å². The van der Waals surface area contributed by atoms with E-state index in [1.54, 1.807) is 0 Å². The van der Waals surface area contributed by atoms with Crippen molar-refractivity contribution in [1.82, 2.24) is 10.3 Å². The van der Waals surface area contributed by atoms with Gasteiger partial charge in [0.2, 0.25) is 5.91 Å². The van der Waals surface area contributed by atoms with Crippen LogP contribution >= 0.6 is 0 Å². The Hall–Kier alpha value is -1.38. The number of hydrogen-bond acceptors (Lipinski definition) is 2. The smallest absolute Gasteiger partial charge is 0.220 e. The molecule has 0 aliphatic heterocycles. The van der Waals surface area contributed by atoms with Gasteiger partial charge in [-0.1, -0.05) is 0 Å². The van der Waals surface area contributed by atoms with E-state index in [9.17, 15) is 4.79 Å². The topological polar surface area (TPSA) is 42.0 Å². The molecule has 124 valence electrons. The Balaban J connectivity index is 1.33. The third kappa shape index (κ3) is 3.29. The minimum absolute atomic E-state index is 0.193. The van der Waals surface area contributed by atoms with Crippen molar-refractivity contribution in [3.05, 3.63) is 30.1 Å². The van der Waals surface area contributed by atoms with Gasteiger partial charge in [0, 0.05) is 24.9 Å². The molecule has 4 saturated carbocycles. The lowest BCUT2D eigenvalue weighted by atomic mass is 9.49. The lowest BCUT2D eigenvalue weighted by Gasteiger charge is -2.56. The predicted octanol–water partition coefficient (Wildman–Crippen LogP) is 3.74. The largest absolute Gasteiger partial charge is 0.353 e. The van der Waals surface area contributed by atoms with Gasteiger partial charge in [-0.2, -0.15) is 0 Å². The van der Waals surface area contributed by atoms with Crippen LogP contribution in [0.5, 0.6) is 0 Å². The minimum atomic E-state index is 0.193. The molecule has 1 N–H and O–H groups in total. The predicted molar refractivity (Wildman–Crippen MR) is 90.8 cm³/mol. The number of carbonyl (C=O) groups is 1. The number of amides is 1. The number of rotatable bonds is 5. The Morgan fingerprint density at radius 2 is 1.74 bits per heavy atom. The fourth-order valence-corrected chi connectivity index (χ4v) is 6.10. The molecular weight excluding hydrogens is 284 g/mol. The van der Waals surface area contributed by atoms with Gasteiger partial charge in [0.15, 0.2) is 0 Å². The molecule has 0 saturated heterocycles. The van der Waals surface area contributed by atoms with E-state index in [2.05, 4.69) is 17.2 Å². The molecule has 3 heteroatoms. The van der Waals surface area contributed by atoms with Crippen LogP contribution < -0.4 is 5.32 Å². The van der Waals surface area contributed by atoms with Gasteiger partial charge in [0.25, 0.3) is 0 Å². The summed E-state index contributed by atoms with van der Waals surface area (Å²) in [6.45, 7) is 2.11. The highest BCUT2D eigenvalue weighted by Gasteiger charge is 2.51. The zero-order valence-electron chi connectivity index (χ0n) is 14.1. The summed E-state index contributed by atoms with van der Waals surface area (Å²) in [7, 11) is 0. The zero-order valence-corrected chi connectivity index (χ0v) is 14.1. The van der Waals surface area contributed by atoms with Crippen molar-refractivity contribution in [2.45, 2.75) is 64.3 Å². The Morgan fingerprint density at radius 1 is 1.17 bits per heavy atom. The van der Waals surface area contributed by atoms with E-state index in [1.807, 2.05) is 24.5 Å². The highest BCUT2D eigenvalue weighted by molar-refractivity contribution is 5.77. The number of hydrogen-bond donors (Lipinski definition) is 1. The van der Waals surface area contributed by atoms with Crippen LogP contribution in [0.3, 0.4) is 0 Å². The quantitative estimate of drug-likeness (QED) is 0.900. The lowest BCUT2D eigenvalue weighted by molar-refractivity contribution is -0.130. The Labute approximate surface area is 139 Å². The lowest BCUT2D eigenvalue weighted by Crippen LogP contribution is -2.48. The van der Waals surface area contributed by atoms with Crippen molar-refractivity contribution in [2.75, 3.05) is 0 Å². The van der Waals surface area contributed by atoms with Crippen LogP contribution in [0.4, 0.5) is 0 Å². The van der Waals surface area contributed by atoms with Crippen LogP contribution in [0.2, 0.25) is 0 Å². The molecule has 1 aromatic rings. The molecule has 5 rings (SSSR count). The first-order chi connectivity index (χ1) is 11.1. The molecular formula is C20H28N2O. The van der Waals surface area contributed by atoms with Crippen molar-refractivity contribution in [1.29, 1.82) is 0 Å². The third-order valence-corrected chi connectivity index (χ3v) is 6.40. The second kappa shape index (κ2) is 5.92. The summed E-state index contributed by atoms with van der Waals surface area (Å²) in [5.41, 5.74) is 1.58. The fraction of sp³-hybridized carbons (Fsp3) is 0.700. The van der Waals surface area contributed by atoms with Gasteiger partial charge in [-0.15, -0.1) is 0 Å². The maximum absolute atomic E-state index is 12.6. The molecule has 1 atom stereocenters. The van der Waals surface area contributed by atoms with Gasteiger partial charge < -0.3 is 5.32 Å². The molecule has 23 heavy (non-hydrogen) atoms. The monoisotopic (exact) mass is 312 g/mol. The second-order valence-corrected chi connectivity index (χ2v) is 8.62. The summed E-state index contributed by atoms with van der Waals surface area (Å²) in [6, 6.07) is 4.25. The van der Waals surface area contributed by atoms with E-state index in [1.165, 1.54) is 44.1 Å². The summed E-state index contributed by atoms with van der Waals surface area (Å²) in [5.74, 6) is 3.03. The number of nitrogens with one attached hydrogen (secondary N) is 1. The van der Waals surface area contributed by atoms with Crippen molar-refractivity contribution < 1.29 is 4.79 Å². The van der Waals surface area contributed by atoms with Crippen LogP contribution in [-0.4, -0.2) is 16.9 Å². The van der Waals surface area contributed by atoms with Crippen molar-refractivity contribution >= 4 is 5.91 Å². The molecule has 4 aliphatic rings. The molecule has 0 aromatic carbocycles. The molecule has 4 fully saturated rings. The van der Waals surface area contributed by atoms with Crippen LogP contribution in [-0.2, 0) is 11.2 Å². The maximum atomic E-state index is 12.6. The number of pyridine rings is 1. The first kappa shape index (κ1) is 15.2. The Bertz CT molecular complexity index is 533. The van der Waals surface area contributed by atoms with Crippen LogP contribution in [0.15, 0.2) is 24.5 Å². The Kier molecular flexibility index (Phi) is 3.90. The van der Waals surface area contributed by atoms with E-state index in [0.717, 1.165) is 30.6 Å². The second-order valence-electron chi connectivity index (χ2n) is 8.62.